The summed E-state index contributed by atoms with van der Waals surface area (Å²) in [5, 5.41) is 0. The van der Waals surface area contributed by atoms with Crippen molar-refractivity contribution < 1.29 is 0 Å². The molecular weight excluding hydrogens is 240 g/mol. The zero-order chi connectivity index (χ0) is 14.1. The van der Waals surface area contributed by atoms with Crippen molar-refractivity contribution in [3.63, 3.8) is 0 Å². The van der Waals surface area contributed by atoms with Gasteiger partial charge in [-0.15, -0.1) is 0 Å². The van der Waals surface area contributed by atoms with Crippen molar-refractivity contribution in [1.29, 1.82) is 0 Å². The molecule has 0 saturated heterocycles. The summed E-state index contributed by atoms with van der Waals surface area (Å²) in [6.45, 7) is 6.63. The van der Waals surface area contributed by atoms with Gasteiger partial charge in [0.1, 0.15) is 0 Å². The van der Waals surface area contributed by atoms with E-state index in [1.165, 1.54) is 23.1 Å². The molecule has 1 fully saturated rings. The number of benzene rings is 2. The number of aryl methyl sites for hydroxylation is 2. The Morgan fingerprint density at radius 3 is 2.10 bits per heavy atom. The van der Waals surface area contributed by atoms with Gasteiger partial charge >= 0.3 is 0 Å². The molecule has 2 aromatic rings. The Labute approximate surface area is 121 Å². The zero-order valence-corrected chi connectivity index (χ0v) is 12.4. The standard InChI is InChI=1S/C20H20/c1-14-4-6-17(7-5-14)8-9-18-10-11-19(15(2)12-18)20-13-16(20)3/h4-7,10-12,16,20H,13H2,1-3H3. The van der Waals surface area contributed by atoms with Crippen LogP contribution in [0.5, 0.6) is 0 Å². The summed E-state index contributed by atoms with van der Waals surface area (Å²) in [6, 6.07) is 15.0. The van der Waals surface area contributed by atoms with Crippen molar-refractivity contribution in [3.8, 4) is 11.8 Å². The van der Waals surface area contributed by atoms with Gasteiger partial charge in [0, 0.05) is 11.1 Å². The molecule has 0 bridgehead atoms. The normalized spacial score (nSPS) is 20.1. The highest BCUT2D eigenvalue weighted by Gasteiger charge is 2.34. The molecule has 1 saturated carbocycles. The fraction of sp³-hybridized carbons (Fsp3) is 0.300. The van der Waals surface area contributed by atoms with Crippen LogP contribution in [0.25, 0.3) is 0 Å². The van der Waals surface area contributed by atoms with Crippen LogP contribution in [0.1, 0.15) is 47.1 Å². The third kappa shape index (κ3) is 2.78. The van der Waals surface area contributed by atoms with Crippen molar-refractivity contribution >= 4 is 0 Å². The molecule has 0 aromatic heterocycles. The molecule has 0 amide bonds. The Bertz CT molecular complexity index is 680. The second-order valence-corrected chi connectivity index (χ2v) is 6.01. The van der Waals surface area contributed by atoms with E-state index in [1.54, 1.807) is 0 Å². The summed E-state index contributed by atoms with van der Waals surface area (Å²) >= 11 is 0. The first-order valence-corrected chi connectivity index (χ1v) is 7.33. The van der Waals surface area contributed by atoms with E-state index in [2.05, 4.69) is 75.1 Å². The lowest BCUT2D eigenvalue weighted by Gasteiger charge is -2.04. The highest BCUT2D eigenvalue weighted by atomic mass is 14.4. The number of hydrogen-bond acceptors (Lipinski definition) is 0. The summed E-state index contributed by atoms with van der Waals surface area (Å²) in [6.07, 6.45) is 1.34. The quantitative estimate of drug-likeness (QED) is 0.644. The largest absolute Gasteiger partial charge is 0.0619 e. The van der Waals surface area contributed by atoms with E-state index in [-0.39, 0.29) is 0 Å². The molecule has 0 heteroatoms. The predicted octanol–water partition coefficient (Wildman–Crippen LogP) is 4.83. The average molecular weight is 260 g/mol. The Balaban J connectivity index is 1.82. The molecule has 1 aliphatic carbocycles. The van der Waals surface area contributed by atoms with E-state index < -0.39 is 0 Å². The lowest BCUT2D eigenvalue weighted by Crippen LogP contribution is -1.88. The molecule has 2 atom stereocenters. The van der Waals surface area contributed by atoms with Gasteiger partial charge in [0.25, 0.3) is 0 Å². The van der Waals surface area contributed by atoms with Gasteiger partial charge in [-0.2, -0.15) is 0 Å². The smallest absolute Gasteiger partial charge is 0.0251 e. The summed E-state index contributed by atoms with van der Waals surface area (Å²) in [5.74, 6) is 8.15. The highest BCUT2D eigenvalue weighted by Crippen LogP contribution is 2.47. The van der Waals surface area contributed by atoms with Crippen LogP contribution >= 0.6 is 0 Å². The summed E-state index contributed by atoms with van der Waals surface area (Å²) in [5.41, 5.74) is 6.36. The lowest BCUT2D eigenvalue weighted by atomic mass is 10.0. The maximum Gasteiger partial charge on any atom is 0.0251 e. The fourth-order valence-electron chi connectivity index (χ4n) is 2.71. The minimum absolute atomic E-state index is 0.786. The van der Waals surface area contributed by atoms with Gasteiger partial charge in [-0.25, -0.2) is 0 Å². The molecule has 1 aliphatic rings. The third-order valence-electron chi connectivity index (χ3n) is 4.18. The van der Waals surface area contributed by atoms with Gasteiger partial charge in [-0.3, -0.25) is 0 Å². The van der Waals surface area contributed by atoms with E-state index in [9.17, 15) is 0 Å². The van der Waals surface area contributed by atoms with E-state index in [0.29, 0.717) is 0 Å². The van der Waals surface area contributed by atoms with Crippen LogP contribution < -0.4 is 0 Å². The van der Waals surface area contributed by atoms with Crippen LogP contribution in [-0.2, 0) is 0 Å². The van der Waals surface area contributed by atoms with E-state index >= 15 is 0 Å². The molecular formula is C20H20. The van der Waals surface area contributed by atoms with Gasteiger partial charge in [-0.1, -0.05) is 42.5 Å². The van der Waals surface area contributed by atoms with Gasteiger partial charge in [0.2, 0.25) is 0 Å². The van der Waals surface area contributed by atoms with Gasteiger partial charge < -0.3 is 0 Å². The molecule has 0 radical (unpaired) electrons. The molecule has 100 valence electrons. The Kier molecular flexibility index (Phi) is 3.36. The minimum Gasteiger partial charge on any atom is -0.0619 e. The Morgan fingerprint density at radius 1 is 0.900 bits per heavy atom. The molecule has 0 spiro atoms. The number of rotatable bonds is 1. The van der Waals surface area contributed by atoms with Gasteiger partial charge in [0.05, 0.1) is 0 Å². The van der Waals surface area contributed by atoms with Crippen LogP contribution in [0.2, 0.25) is 0 Å². The highest BCUT2D eigenvalue weighted by molar-refractivity contribution is 5.47. The van der Waals surface area contributed by atoms with Gasteiger partial charge in [0.15, 0.2) is 0 Å². The van der Waals surface area contributed by atoms with Crippen LogP contribution in [0, 0.1) is 31.6 Å². The first-order chi connectivity index (χ1) is 9.63. The maximum atomic E-state index is 3.27. The molecule has 2 aromatic carbocycles. The second-order valence-electron chi connectivity index (χ2n) is 6.01. The first-order valence-electron chi connectivity index (χ1n) is 7.33. The monoisotopic (exact) mass is 260 g/mol. The summed E-state index contributed by atoms with van der Waals surface area (Å²) < 4.78 is 0. The minimum atomic E-state index is 0.786. The van der Waals surface area contributed by atoms with E-state index in [0.717, 1.165) is 23.0 Å². The SMILES string of the molecule is Cc1ccc(C#Cc2ccc(C3CC3C)c(C)c2)cc1. The molecule has 0 nitrogen and oxygen atoms in total. The van der Waals surface area contributed by atoms with Crippen LogP contribution in [0.4, 0.5) is 0 Å². The van der Waals surface area contributed by atoms with Crippen molar-refractivity contribution in [2.45, 2.75) is 33.1 Å². The fourth-order valence-corrected chi connectivity index (χ4v) is 2.71. The molecule has 0 aliphatic heterocycles. The summed E-state index contributed by atoms with van der Waals surface area (Å²) in [4.78, 5) is 0. The molecule has 2 unspecified atom stereocenters. The molecule has 0 N–H and O–H groups in total. The topological polar surface area (TPSA) is 0 Å². The predicted molar refractivity (Wildman–Crippen MR) is 84.9 cm³/mol. The number of hydrogen-bond donors (Lipinski definition) is 0. The van der Waals surface area contributed by atoms with Crippen molar-refractivity contribution in [2.24, 2.45) is 5.92 Å². The van der Waals surface area contributed by atoms with Crippen molar-refractivity contribution in [1.82, 2.24) is 0 Å². The van der Waals surface area contributed by atoms with Crippen LogP contribution in [-0.4, -0.2) is 0 Å². The van der Waals surface area contributed by atoms with Gasteiger partial charge in [-0.05, 0) is 67.5 Å². The molecule has 3 rings (SSSR count). The summed E-state index contributed by atoms with van der Waals surface area (Å²) in [7, 11) is 0. The van der Waals surface area contributed by atoms with E-state index in [1.807, 2.05) is 0 Å². The Hall–Kier alpha value is -2.00. The van der Waals surface area contributed by atoms with Crippen molar-refractivity contribution in [2.75, 3.05) is 0 Å². The van der Waals surface area contributed by atoms with E-state index in [4.69, 9.17) is 0 Å². The molecule has 20 heavy (non-hydrogen) atoms. The average Bonchev–Trinajstić information content (AvgIpc) is 3.15. The zero-order valence-electron chi connectivity index (χ0n) is 12.4. The van der Waals surface area contributed by atoms with Crippen LogP contribution in [0.3, 0.4) is 0 Å². The third-order valence-corrected chi connectivity index (χ3v) is 4.18. The van der Waals surface area contributed by atoms with Crippen molar-refractivity contribution in [3.05, 3.63) is 70.3 Å². The van der Waals surface area contributed by atoms with Crippen LogP contribution in [0.15, 0.2) is 42.5 Å². The maximum absolute atomic E-state index is 3.27. The molecule has 0 heterocycles. The lowest BCUT2D eigenvalue weighted by molar-refractivity contribution is 0.908. The second kappa shape index (κ2) is 5.17. The first kappa shape index (κ1) is 13.0. The Morgan fingerprint density at radius 2 is 1.50 bits per heavy atom.